The molecule has 100 valence electrons. The highest BCUT2D eigenvalue weighted by molar-refractivity contribution is 5.53. The largest absolute Gasteiger partial charge is 0.433 e. The van der Waals surface area contributed by atoms with Gasteiger partial charge < -0.3 is 14.9 Å². The second-order valence-corrected chi connectivity index (χ2v) is 3.98. The van der Waals surface area contributed by atoms with E-state index in [1.165, 1.54) is 34.9 Å². The first kappa shape index (κ1) is 12.1. The van der Waals surface area contributed by atoms with E-state index in [1.54, 1.807) is 18.2 Å². The molecule has 0 atom stereocenters. The number of hydrogen-bond donors (Lipinski definition) is 0. The van der Waals surface area contributed by atoms with Crippen LogP contribution in [0.15, 0.2) is 48.7 Å². The van der Waals surface area contributed by atoms with Crippen molar-refractivity contribution in [2.24, 2.45) is 0 Å². The van der Waals surface area contributed by atoms with E-state index in [1.807, 2.05) is 0 Å². The molecule has 0 saturated heterocycles. The molecule has 3 aromatic rings. The van der Waals surface area contributed by atoms with Crippen molar-refractivity contribution in [3.63, 3.8) is 0 Å². The molecule has 0 unspecified atom stereocenters. The van der Waals surface area contributed by atoms with E-state index >= 15 is 0 Å². The Morgan fingerprint density at radius 2 is 1.95 bits per heavy atom. The number of benzene rings is 1. The molecule has 0 spiro atoms. The molecule has 1 aromatic carbocycles. The van der Waals surface area contributed by atoms with Crippen molar-refractivity contribution in [3.8, 4) is 11.6 Å². The lowest BCUT2D eigenvalue weighted by atomic mass is 10.3. The third-order valence-electron chi connectivity index (χ3n) is 2.68. The van der Waals surface area contributed by atoms with Gasteiger partial charge in [-0.2, -0.15) is 9.38 Å². The summed E-state index contributed by atoms with van der Waals surface area (Å²) < 4.78 is 19.5. The Kier molecular flexibility index (Phi) is 2.79. The van der Waals surface area contributed by atoms with Crippen molar-refractivity contribution < 1.29 is 14.1 Å². The van der Waals surface area contributed by atoms with Gasteiger partial charge in [0.2, 0.25) is 5.65 Å². The molecule has 0 aliphatic carbocycles. The molecule has 0 aliphatic rings. The predicted molar refractivity (Wildman–Crippen MR) is 68.3 cm³/mol. The van der Waals surface area contributed by atoms with Crippen molar-refractivity contribution in [1.29, 1.82) is 0 Å². The van der Waals surface area contributed by atoms with E-state index in [0.29, 0.717) is 5.65 Å². The molecular weight excluding hydrogens is 265 g/mol. The fourth-order valence-corrected chi connectivity index (χ4v) is 1.81. The summed E-state index contributed by atoms with van der Waals surface area (Å²) in [6.07, 6.45) is 1.53. The molecule has 0 bridgehead atoms. The van der Waals surface area contributed by atoms with Crippen LogP contribution in [-0.4, -0.2) is 14.3 Å². The average molecular weight is 273 g/mol. The van der Waals surface area contributed by atoms with Gasteiger partial charge in [0.05, 0.1) is 6.20 Å². The van der Waals surface area contributed by atoms with Gasteiger partial charge in [-0.15, -0.1) is 0 Å². The van der Waals surface area contributed by atoms with Gasteiger partial charge >= 0.3 is 11.7 Å². The summed E-state index contributed by atoms with van der Waals surface area (Å²) in [4.78, 5) is 14.6. The van der Waals surface area contributed by atoms with E-state index in [9.17, 15) is 14.5 Å². The smallest absolute Gasteiger partial charge is 0.392 e. The number of halogens is 1. The van der Waals surface area contributed by atoms with Gasteiger partial charge in [-0.25, -0.2) is 4.39 Å². The van der Waals surface area contributed by atoms with E-state index in [2.05, 4.69) is 4.98 Å². The van der Waals surface area contributed by atoms with Crippen molar-refractivity contribution in [1.82, 2.24) is 9.38 Å². The van der Waals surface area contributed by atoms with Crippen LogP contribution < -0.4 is 4.74 Å². The van der Waals surface area contributed by atoms with Gasteiger partial charge in [-0.3, -0.25) is 0 Å². The maximum Gasteiger partial charge on any atom is 0.392 e. The van der Waals surface area contributed by atoms with Crippen LogP contribution in [0.3, 0.4) is 0 Å². The Morgan fingerprint density at radius 1 is 1.20 bits per heavy atom. The molecule has 0 aliphatic heterocycles. The van der Waals surface area contributed by atoms with Gasteiger partial charge in [0.25, 0.3) is 0 Å². The topological polar surface area (TPSA) is 69.7 Å². The first-order valence-corrected chi connectivity index (χ1v) is 5.70. The number of nitro groups is 1. The van der Waals surface area contributed by atoms with Crippen LogP contribution in [-0.2, 0) is 0 Å². The van der Waals surface area contributed by atoms with Crippen LogP contribution in [0.2, 0.25) is 0 Å². The van der Waals surface area contributed by atoms with E-state index in [-0.39, 0.29) is 17.4 Å². The quantitative estimate of drug-likeness (QED) is 0.543. The molecule has 2 heterocycles. The summed E-state index contributed by atoms with van der Waals surface area (Å²) in [7, 11) is 0. The van der Waals surface area contributed by atoms with Crippen molar-refractivity contribution in [2.45, 2.75) is 0 Å². The number of fused-ring (bicyclic) bond motifs is 1. The summed E-state index contributed by atoms with van der Waals surface area (Å²) in [6.45, 7) is 0. The predicted octanol–water partition coefficient (Wildman–Crippen LogP) is 3.17. The van der Waals surface area contributed by atoms with E-state index in [0.717, 1.165) is 0 Å². The minimum absolute atomic E-state index is 0.132. The Labute approximate surface area is 112 Å². The Bertz CT molecular complexity index is 783. The lowest BCUT2D eigenvalue weighted by molar-refractivity contribution is -0.391. The highest BCUT2D eigenvalue weighted by Gasteiger charge is 2.24. The maximum atomic E-state index is 12.8. The fraction of sp³-hybridized carbons (Fsp3) is 0. The van der Waals surface area contributed by atoms with Crippen molar-refractivity contribution in [2.75, 3.05) is 0 Å². The molecule has 6 nitrogen and oxygen atoms in total. The van der Waals surface area contributed by atoms with Crippen LogP contribution in [0.4, 0.5) is 10.2 Å². The zero-order valence-electron chi connectivity index (χ0n) is 10.1. The molecular formula is C13H8FN3O3. The van der Waals surface area contributed by atoms with E-state index < -0.39 is 10.7 Å². The molecule has 0 radical (unpaired) electrons. The summed E-state index contributed by atoms with van der Waals surface area (Å²) in [5.74, 6) is -0.544. The third-order valence-corrected chi connectivity index (χ3v) is 2.68. The summed E-state index contributed by atoms with van der Waals surface area (Å²) in [5.41, 5.74) is 0.399. The van der Waals surface area contributed by atoms with Gasteiger partial charge in [0.1, 0.15) is 11.6 Å². The van der Waals surface area contributed by atoms with Gasteiger partial charge in [-0.1, -0.05) is 6.07 Å². The minimum Gasteiger partial charge on any atom is -0.433 e. The van der Waals surface area contributed by atoms with Crippen LogP contribution >= 0.6 is 0 Å². The van der Waals surface area contributed by atoms with Crippen LogP contribution in [0.1, 0.15) is 0 Å². The fourth-order valence-electron chi connectivity index (χ4n) is 1.81. The highest BCUT2D eigenvalue weighted by Crippen LogP contribution is 2.31. The first-order chi connectivity index (χ1) is 9.65. The summed E-state index contributed by atoms with van der Waals surface area (Å²) in [5, 5.41) is 11.1. The Morgan fingerprint density at radius 3 is 2.65 bits per heavy atom. The van der Waals surface area contributed by atoms with Crippen LogP contribution in [0.25, 0.3) is 5.65 Å². The number of aromatic nitrogens is 2. The number of imidazole rings is 1. The molecule has 0 amide bonds. The normalized spacial score (nSPS) is 10.7. The summed E-state index contributed by atoms with van der Waals surface area (Å²) in [6, 6.07) is 10.2. The number of ether oxygens (including phenoxy) is 1. The molecule has 0 fully saturated rings. The number of hydrogen-bond acceptors (Lipinski definition) is 4. The highest BCUT2D eigenvalue weighted by atomic mass is 19.1. The monoisotopic (exact) mass is 273 g/mol. The van der Waals surface area contributed by atoms with Gasteiger partial charge in [0, 0.05) is 6.07 Å². The molecule has 3 rings (SSSR count). The van der Waals surface area contributed by atoms with E-state index in [4.69, 9.17) is 4.74 Å². The lowest BCUT2D eigenvalue weighted by Gasteiger charge is -2.01. The third kappa shape index (κ3) is 2.05. The summed E-state index contributed by atoms with van der Waals surface area (Å²) >= 11 is 0. The molecule has 7 heteroatoms. The molecule has 2 aromatic heterocycles. The second-order valence-electron chi connectivity index (χ2n) is 3.98. The second kappa shape index (κ2) is 4.61. The molecule has 20 heavy (non-hydrogen) atoms. The number of pyridine rings is 1. The Balaban J connectivity index is 2.08. The minimum atomic E-state index is -0.571. The lowest BCUT2D eigenvalue weighted by Crippen LogP contribution is -1.96. The Hall–Kier alpha value is -2.96. The van der Waals surface area contributed by atoms with Crippen molar-refractivity contribution >= 4 is 11.5 Å². The van der Waals surface area contributed by atoms with Crippen LogP contribution in [0, 0.1) is 15.9 Å². The molecule has 0 N–H and O–H groups in total. The average Bonchev–Trinajstić information content (AvgIpc) is 2.79. The maximum absolute atomic E-state index is 12.8. The SMILES string of the molecule is O=[N+]([O-])c1c(Oc2ccc(F)cc2)nc2ccccn12. The zero-order chi connectivity index (χ0) is 14.1. The first-order valence-electron chi connectivity index (χ1n) is 5.70. The van der Waals surface area contributed by atoms with Gasteiger partial charge in [-0.05, 0) is 35.3 Å². The zero-order valence-corrected chi connectivity index (χ0v) is 10.1. The number of nitrogens with zero attached hydrogens (tertiary/aromatic N) is 3. The molecule has 0 saturated carbocycles. The van der Waals surface area contributed by atoms with Gasteiger partial charge in [0.15, 0.2) is 0 Å². The number of rotatable bonds is 3. The van der Waals surface area contributed by atoms with Crippen molar-refractivity contribution in [3.05, 3.63) is 64.6 Å². The standard InChI is InChI=1S/C13H8FN3O3/c14-9-4-6-10(7-5-9)20-12-13(17(18)19)16-8-2-1-3-11(16)15-12/h1-8H. The van der Waals surface area contributed by atoms with Crippen LogP contribution in [0.5, 0.6) is 11.6 Å².